The Bertz CT molecular complexity index is 933. The number of aliphatic hydroxyl groups excluding tert-OH is 1. The van der Waals surface area contributed by atoms with E-state index in [0.29, 0.717) is 6.42 Å². The Morgan fingerprint density at radius 3 is 2.47 bits per heavy atom. The van der Waals surface area contributed by atoms with Crippen molar-refractivity contribution in [2.75, 3.05) is 0 Å². The molecule has 0 bridgehead atoms. The maximum absolute atomic E-state index is 17.1. The van der Waals surface area contributed by atoms with Gasteiger partial charge in [0.15, 0.2) is 10.8 Å². The lowest BCUT2D eigenvalue weighted by atomic mass is 9.45. The molecule has 4 rings (SSSR count). The number of thiol groups is 1. The summed E-state index contributed by atoms with van der Waals surface area (Å²) in [5.74, 6) is -3.34. The summed E-state index contributed by atoms with van der Waals surface area (Å²) in [6.45, 7) is 6.48. The smallest absolute Gasteiger partial charge is 0.375 e. The first-order valence-corrected chi connectivity index (χ1v) is 11.6. The van der Waals surface area contributed by atoms with Gasteiger partial charge < -0.3 is 9.84 Å². The summed E-state index contributed by atoms with van der Waals surface area (Å²) in [6, 6.07) is 0. The van der Waals surface area contributed by atoms with Gasteiger partial charge in [-0.3, -0.25) is 9.59 Å². The third-order valence-corrected chi connectivity index (χ3v) is 9.13. The zero-order valence-corrected chi connectivity index (χ0v) is 19.6. The van der Waals surface area contributed by atoms with Crippen molar-refractivity contribution in [3.05, 3.63) is 23.8 Å². The molecular weight excluding hydrogens is 438 g/mol. The average Bonchev–Trinajstić information content (AvgIpc) is 2.95. The van der Waals surface area contributed by atoms with Crippen molar-refractivity contribution in [2.24, 2.45) is 34.5 Å². The number of aliphatic hydroxyl groups is 1. The van der Waals surface area contributed by atoms with Gasteiger partial charge in [0.25, 0.3) is 0 Å². The molecule has 1 unspecified atom stereocenters. The molecule has 8 heteroatoms. The molecule has 3 saturated carbocycles. The number of esters is 1. The highest BCUT2D eigenvalue weighted by Crippen LogP contribution is 2.70. The summed E-state index contributed by atoms with van der Waals surface area (Å²) in [4.78, 5) is 35.2. The van der Waals surface area contributed by atoms with Gasteiger partial charge in [-0.15, -0.1) is 12.6 Å². The van der Waals surface area contributed by atoms with Gasteiger partial charge in [0, 0.05) is 24.2 Å². The van der Waals surface area contributed by atoms with Gasteiger partial charge in [0.05, 0.1) is 6.10 Å². The minimum absolute atomic E-state index is 0.0374. The lowest BCUT2D eigenvalue weighted by Crippen LogP contribution is -2.68. The van der Waals surface area contributed by atoms with Crippen LogP contribution in [-0.4, -0.2) is 46.0 Å². The number of allylic oxidation sites excluding steroid dienone is 2. The van der Waals surface area contributed by atoms with Crippen molar-refractivity contribution in [1.82, 2.24) is 0 Å². The second-order valence-electron chi connectivity index (χ2n) is 10.5. The number of halogens is 2. The molecule has 0 aromatic heterocycles. The van der Waals surface area contributed by atoms with Gasteiger partial charge in [0.1, 0.15) is 12.3 Å². The molecule has 176 valence electrons. The van der Waals surface area contributed by atoms with Crippen molar-refractivity contribution in [3.63, 3.8) is 0 Å². The molecule has 1 N–H and O–H groups in total. The second kappa shape index (κ2) is 7.49. The summed E-state index contributed by atoms with van der Waals surface area (Å²) in [6.07, 6.45) is 0.921. The van der Waals surface area contributed by atoms with Crippen LogP contribution in [0.25, 0.3) is 0 Å². The molecule has 0 aliphatic heterocycles. The molecule has 0 heterocycles. The molecule has 0 amide bonds. The van der Waals surface area contributed by atoms with E-state index in [-0.39, 0.29) is 35.4 Å². The Morgan fingerprint density at radius 2 is 1.88 bits per heavy atom. The predicted molar refractivity (Wildman–Crippen MR) is 116 cm³/mol. The van der Waals surface area contributed by atoms with Crippen LogP contribution in [0.15, 0.2) is 23.8 Å². The van der Waals surface area contributed by atoms with Crippen molar-refractivity contribution >= 4 is 29.5 Å². The fraction of sp³-hybridized carbons (Fsp3) is 0.708. The molecule has 10 atom stereocenters. The van der Waals surface area contributed by atoms with Crippen LogP contribution in [0.4, 0.5) is 8.78 Å². The van der Waals surface area contributed by atoms with Gasteiger partial charge >= 0.3 is 5.97 Å². The average molecular weight is 469 g/mol. The molecule has 3 fully saturated rings. The van der Waals surface area contributed by atoms with Crippen LogP contribution < -0.4 is 0 Å². The first-order chi connectivity index (χ1) is 14.8. The minimum atomic E-state index is -2.15. The number of ketones is 1. The summed E-state index contributed by atoms with van der Waals surface area (Å²) >= 11 is 4.08. The van der Waals surface area contributed by atoms with E-state index in [1.165, 1.54) is 18.2 Å². The normalized spacial score (nSPS) is 49.4. The Hall–Kier alpha value is -1.54. The summed E-state index contributed by atoms with van der Waals surface area (Å²) in [5.41, 5.74) is -4.13. The van der Waals surface area contributed by atoms with Crippen LogP contribution in [0.2, 0.25) is 0 Å². The van der Waals surface area contributed by atoms with Crippen LogP contribution >= 0.6 is 12.6 Å². The van der Waals surface area contributed by atoms with Crippen LogP contribution in [0.5, 0.6) is 0 Å². The van der Waals surface area contributed by atoms with E-state index in [2.05, 4.69) is 12.6 Å². The number of carbonyl (C=O) groups is 3. The number of alkyl halides is 2. The monoisotopic (exact) mass is 468 g/mol. The third kappa shape index (κ3) is 3.01. The quantitative estimate of drug-likeness (QED) is 0.287. The number of ether oxygens (including phenoxy) is 1. The number of hydrogen-bond donors (Lipinski definition) is 2. The fourth-order valence-electron chi connectivity index (χ4n) is 7.48. The van der Waals surface area contributed by atoms with Crippen LogP contribution in [0.1, 0.15) is 47.0 Å². The Balaban J connectivity index is 1.74. The number of Topliss-reactive ketones (excluding diaryl/α,β-unsaturated/α-hetero) is 1. The van der Waals surface area contributed by atoms with E-state index in [9.17, 15) is 19.5 Å². The van der Waals surface area contributed by atoms with Crippen molar-refractivity contribution in [1.29, 1.82) is 0 Å². The first-order valence-electron chi connectivity index (χ1n) is 11.1. The lowest BCUT2D eigenvalue weighted by molar-refractivity contribution is -0.201. The molecule has 0 radical (unpaired) electrons. The van der Waals surface area contributed by atoms with Crippen LogP contribution in [-0.2, 0) is 19.1 Å². The highest BCUT2D eigenvalue weighted by atomic mass is 32.1. The van der Waals surface area contributed by atoms with Gasteiger partial charge in [0.2, 0.25) is 5.78 Å². The van der Waals surface area contributed by atoms with E-state index < -0.39 is 58.5 Å². The standard InChI is InChI=1S/C24H30F2O5S/c1-11-7-14-15-9-17(25)16-8-13(31-20(29)12(2)27)5-6-23(16,4)24(15,26)18(28)10-22(14,3)19(11)21(30)32/h5-6,8,11,13-15,17-19,28H,7,9-10H2,1-4H3,(H,30,32)/t11-,13?,14+,15+,17+,18+,19-,22+,23+,24+/m1/s1. The van der Waals surface area contributed by atoms with E-state index in [1.54, 1.807) is 6.92 Å². The van der Waals surface area contributed by atoms with E-state index in [4.69, 9.17) is 4.74 Å². The predicted octanol–water partition coefficient (Wildman–Crippen LogP) is 3.56. The van der Waals surface area contributed by atoms with Gasteiger partial charge in [-0.25, -0.2) is 13.6 Å². The Labute approximate surface area is 192 Å². The highest BCUT2D eigenvalue weighted by molar-refractivity contribution is 7.96. The van der Waals surface area contributed by atoms with Crippen LogP contribution in [0.3, 0.4) is 0 Å². The first kappa shape index (κ1) is 23.6. The highest BCUT2D eigenvalue weighted by Gasteiger charge is 2.73. The minimum Gasteiger partial charge on any atom is -0.448 e. The zero-order chi connectivity index (χ0) is 23.8. The molecule has 0 aromatic rings. The van der Waals surface area contributed by atoms with Gasteiger partial charge in [-0.2, -0.15) is 0 Å². The fourth-order valence-corrected chi connectivity index (χ4v) is 8.03. The SMILES string of the molecule is CC(=O)C(=O)OC1C=C[C@@]2(C)C(=C1)[C@@H](F)C[C@H]1[C@@H]3C[C@@H](C)[C@H](C(=O)S)[C@@]3(C)C[C@H](O)[C@@]12F. The largest absolute Gasteiger partial charge is 0.448 e. The molecule has 5 nitrogen and oxygen atoms in total. The van der Waals surface area contributed by atoms with Gasteiger partial charge in [-0.1, -0.05) is 19.9 Å². The molecular formula is C24H30F2O5S. The van der Waals surface area contributed by atoms with Crippen molar-refractivity contribution in [2.45, 2.75) is 71.0 Å². The second-order valence-corrected chi connectivity index (χ2v) is 11.0. The number of hydrogen-bond acceptors (Lipinski definition) is 5. The van der Waals surface area contributed by atoms with Crippen molar-refractivity contribution in [3.8, 4) is 0 Å². The molecule has 32 heavy (non-hydrogen) atoms. The van der Waals surface area contributed by atoms with Crippen LogP contribution in [0, 0.1) is 34.5 Å². The molecule has 0 aromatic carbocycles. The van der Waals surface area contributed by atoms with E-state index in [0.717, 1.165) is 6.92 Å². The van der Waals surface area contributed by atoms with E-state index >= 15 is 8.78 Å². The zero-order valence-electron chi connectivity index (χ0n) is 18.7. The molecule has 4 aliphatic carbocycles. The number of carbonyl (C=O) groups excluding carboxylic acids is 3. The summed E-state index contributed by atoms with van der Waals surface area (Å²) in [5, 5.41) is 10.9. The maximum atomic E-state index is 17.1. The number of fused-ring (bicyclic) bond motifs is 5. The maximum Gasteiger partial charge on any atom is 0.375 e. The van der Waals surface area contributed by atoms with Gasteiger partial charge in [-0.05, 0) is 61.2 Å². The molecule has 0 spiro atoms. The van der Waals surface area contributed by atoms with Crippen molar-refractivity contribution < 1.29 is 33.0 Å². The summed E-state index contributed by atoms with van der Waals surface area (Å²) < 4.78 is 37.8. The Kier molecular flexibility index (Phi) is 5.52. The number of rotatable bonds is 3. The molecule has 4 aliphatic rings. The summed E-state index contributed by atoms with van der Waals surface area (Å²) in [7, 11) is 0. The topological polar surface area (TPSA) is 80.7 Å². The Morgan fingerprint density at radius 1 is 1.22 bits per heavy atom. The third-order valence-electron chi connectivity index (χ3n) is 8.85. The van der Waals surface area contributed by atoms with E-state index in [1.807, 2.05) is 13.8 Å². The lowest BCUT2D eigenvalue weighted by Gasteiger charge is -2.62. The molecule has 0 saturated heterocycles.